The second-order valence-electron chi connectivity index (χ2n) is 18.7. The lowest BCUT2D eigenvalue weighted by Gasteiger charge is -2.66. The smallest absolute Gasteiger partial charge is 0.186 e. The summed E-state index contributed by atoms with van der Waals surface area (Å²) >= 11 is 0. The van der Waals surface area contributed by atoms with Crippen LogP contribution < -0.4 is 0 Å². The van der Waals surface area contributed by atoms with Crippen LogP contribution in [0.1, 0.15) is 92.4 Å². The maximum atomic E-state index is 12.6. The summed E-state index contributed by atoms with van der Waals surface area (Å²) in [5.74, 6) is -0.113. The molecule has 14 nitrogen and oxygen atoms in total. The average Bonchev–Trinajstić information content (AvgIpc) is 3.37. The van der Waals surface area contributed by atoms with Crippen molar-refractivity contribution in [3.63, 3.8) is 0 Å². The van der Waals surface area contributed by atoms with E-state index in [2.05, 4.69) is 34.6 Å². The van der Waals surface area contributed by atoms with E-state index in [4.69, 9.17) is 18.9 Å². The largest absolute Gasteiger partial charge is 0.393 e. The zero-order valence-electron chi connectivity index (χ0n) is 32.1. The van der Waals surface area contributed by atoms with E-state index in [1.165, 1.54) is 0 Å². The minimum absolute atomic E-state index is 0.0848. The van der Waals surface area contributed by atoms with Gasteiger partial charge in [0.25, 0.3) is 0 Å². The molecule has 10 N–H and O–H groups in total. The Bertz CT molecular complexity index is 1230. The average molecular weight is 761 g/mol. The molecule has 0 aromatic rings. The Morgan fingerprint density at radius 2 is 1.32 bits per heavy atom. The molecule has 6 aliphatic rings. The molecule has 0 radical (unpaired) electrons. The molecular formula is C39H68O14. The van der Waals surface area contributed by atoms with Crippen molar-refractivity contribution in [2.75, 3.05) is 19.8 Å². The maximum absolute atomic E-state index is 12.6. The van der Waals surface area contributed by atoms with Crippen LogP contribution in [0.2, 0.25) is 0 Å². The van der Waals surface area contributed by atoms with Crippen molar-refractivity contribution in [2.45, 2.75) is 172 Å². The molecule has 308 valence electrons. The molecule has 4 aliphatic carbocycles. The van der Waals surface area contributed by atoms with Gasteiger partial charge >= 0.3 is 0 Å². The Hall–Kier alpha value is -0.560. The van der Waals surface area contributed by atoms with Crippen LogP contribution in [-0.4, -0.2) is 150 Å². The monoisotopic (exact) mass is 760 g/mol. The van der Waals surface area contributed by atoms with Gasteiger partial charge in [0.05, 0.1) is 49.8 Å². The third-order valence-corrected chi connectivity index (χ3v) is 15.4. The second-order valence-corrected chi connectivity index (χ2v) is 18.7. The Kier molecular flexibility index (Phi) is 12.7. The highest BCUT2D eigenvalue weighted by Gasteiger charge is 2.71. The van der Waals surface area contributed by atoms with Crippen LogP contribution in [0, 0.1) is 52.3 Å². The van der Waals surface area contributed by atoms with Gasteiger partial charge in [0.2, 0.25) is 0 Å². The van der Waals surface area contributed by atoms with E-state index in [-0.39, 0.29) is 55.3 Å². The van der Waals surface area contributed by atoms with Crippen LogP contribution in [-0.2, 0) is 18.9 Å². The molecular weight excluding hydrogens is 692 g/mol. The topological polar surface area (TPSA) is 239 Å². The molecule has 0 amide bonds. The van der Waals surface area contributed by atoms with E-state index in [9.17, 15) is 51.1 Å². The number of rotatable bonds is 11. The van der Waals surface area contributed by atoms with Crippen molar-refractivity contribution in [3.05, 3.63) is 0 Å². The molecule has 2 saturated heterocycles. The summed E-state index contributed by atoms with van der Waals surface area (Å²) in [6.07, 6.45) is -8.59. The zero-order chi connectivity index (χ0) is 38.8. The number of ether oxygens (including phenoxy) is 4. The van der Waals surface area contributed by atoms with Gasteiger partial charge in [0, 0.05) is 18.3 Å². The van der Waals surface area contributed by atoms with Crippen LogP contribution >= 0.6 is 0 Å². The molecule has 2 heterocycles. The molecule has 0 aromatic heterocycles. The van der Waals surface area contributed by atoms with Crippen LogP contribution in [0.5, 0.6) is 0 Å². The maximum Gasteiger partial charge on any atom is 0.186 e. The quantitative estimate of drug-likeness (QED) is 0.134. The van der Waals surface area contributed by atoms with Crippen molar-refractivity contribution in [1.82, 2.24) is 0 Å². The van der Waals surface area contributed by atoms with Gasteiger partial charge in [-0.2, -0.15) is 0 Å². The fourth-order valence-corrected chi connectivity index (χ4v) is 12.4. The summed E-state index contributed by atoms with van der Waals surface area (Å²) in [7, 11) is 0. The van der Waals surface area contributed by atoms with Gasteiger partial charge in [-0.05, 0) is 85.4 Å². The predicted molar refractivity (Wildman–Crippen MR) is 189 cm³/mol. The first-order chi connectivity index (χ1) is 24.8. The summed E-state index contributed by atoms with van der Waals surface area (Å²) in [6.45, 7) is 10.6. The van der Waals surface area contributed by atoms with Crippen LogP contribution in [0.4, 0.5) is 0 Å². The molecule has 0 unspecified atom stereocenters. The lowest BCUT2D eigenvalue weighted by Crippen LogP contribution is -2.70. The Balaban J connectivity index is 1.07. The second kappa shape index (κ2) is 16.0. The Labute approximate surface area is 313 Å². The predicted octanol–water partition coefficient (Wildman–Crippen LogP) is 0.0310. The molecule has 4 saturated carbocycles. The van der Waals surface area contributed by atoms with Gasteiger partial charge in [-0.15, -0.1) is 0 Å². The van der Waals surface area contributed by atoms with Crippen LogP contribution in [0.15, 0.2) is 0 Å². The first-order valence-electron chi connectivity index (χ1n) is 20.2. The Morgan fingerprint density at radius 3 is 2.00 bits per heavy atom. The van der Waals surface area contributed by atoms with Crippen LogP contribution in [0.25, 0.3) is 0 Å². The van der Waals surface area contributed by atoms with Gasteiger partial charge in [-0.3, -0.25) is 0 Å². The van der Waals surface area contributed by atoms with Gasteiger partial charge in [-0.25, -0.2) is 0 Å². The summed E-state index contributed by atoms with van der Waals surface area (Å²) in [5, 5.41) is 108. The highest BCUT2D eigenvalue weighted by Crippen LogP contribution is 2.70. The first-order valence-corrected chi connectivity index (χ1v) is 20.2. The highest BCUT2D eigenvalue weighted by atomic mass is 16.7. The number of aliphatic hydroxyl groups excluding tert-OH is 9. The molecule has 14 heteroatoms. The van der Waals surface area contributed by atoms with E-state index >= 15 is 0 Å². The Morgan fingerprint density at radius 1 is 0.679 bits per heavy atom. The van der Waals surface area contributed by atoms with Gasteiger partial charge in [-0.1, -0.05) is 41.0 Å². The van der Waals surface area contributed by atoms with Crippen molar-refractivity contribution < 1.29 is 70.0 Å². The van der Waals surface area contributed by atoms with Crippen LogP contribution in [0.3, 0.4) is 0 Å². The molecule has 2 aliphatic heterocycles. The first kappa shape index (κ1) is 42.1. The lowest BCUT2D eigenvalue weighted by molar-refractivity contribution is -0.343. The van der Waals surface area contributed by atoms with Gasteiger partial charge in [0.15, 0.2) is 12.6 Å². The number of fused-ring (bicyclic) bond motifs is 5. The fraction of sp³-hybridized carbons (Fsp3) is 1.00. The minimum atomic E-state index is -1.58. The highest BCUT2D eigenvalue weighted by molar-refractivity contribution is 5.21. The molecule has 0 aromatic carbocycles. The van der Waals surface area contributed by atoms with Gasteiger partial charge < -0.3 is 70.0 Å². The minimum Gasteiger partial charge on any atom is -0.393 e. The van der Waals surface area contributed by atoms with Gasteiger partial charge in [0.1, 0.15) is 36.6 Å². The summed E-state index contributed by atoms with van der Waals surface area (Å²) in [4.78, 5) is 0. The molecule has 21 atom stereocenters. The van der Waals surface area contributed by atoms with E-state index in [1.807, 2.05) is 0 Å². The van der Waals surface area contributed by atoms with E-state index in [0.717, 1.165) is 25.7 Å². The zero-order valence-corrected chi connectivity index (χ0v) is 32.1. The summed E-state index contributed by atoms with van der Waals surface area (Å²) in [6, 6.07) is 0. The molecule has 53 heavy (non-hydrogen) atoms. The van der Waals surface area contributed by atoms with Crippen molar-refractivity contribution in [2.24, 2.45) is 52.3 Å². The standard InChI is InChI=1S/C39H68O14/c1-18(2)20(10-13-50-36-33(31(47)26(44)17-52-36)53-35-32(48)30(46)25(43)16-51-35)7-6-19(3)21-14-23(41)34-37(21,4)12-9-27-38(5)11-8-22(40)29(45)28(38)24(42)15-39(27,34)49/h18-36,40-49H,6-17H2,1-5H3/t19-,20-,21-,22+,23-,24+,25-,26-,27-,28+,29+,30+,31+,32-,33-,34-,35+,36-,37-,38-,39+/m1/s1. The fourth-order valence-electron chi connectivity index (χ4n) is 12.4. The summed E-state index contributed by atoms with van der Waals surface area (Å²) < 4.78 is 22.9. The summed E-state index contributed by atoms with van der Waals surface area (Å²) in [5.41, 5.74) is -2.16. The van der Waals surface area contributed by atoms with Crippen molar-refractivity contribution in [1.29, 1.82) is 0 Å². The molecule has 6 rings (SSSR count). The molecule has 0 bridgehead atoms. The van der Waals surface area contributed by atoms with E-state index < -0.39 is 96.5 Å². The van der Waals surface area contributed by atoms with Crippen molar-refractivity contribution in [3.8, 4) is 0 Å². The lowest BCUT2D eigenvalue weighted by atomic mass is 9.41. The number of hydrogen-bond donors (Lipinski definition) is 10. The third kappa shape index (κ3) is 7.50. The molecule has 6 fully saturated rings. The third-order valence-electron chi connectivity index (χ3n) is 15.4. The van der Waals surface area contributed by atoms with Crippen molar-refractivity contribution >= 4 is 0 Å². The number of hydrogen-bond acceptors (Lipinski definition) is 14. The number of aliphatic hydroxyl groups is 10. The van der Waals surface area contributed by atoms with E-state index in [0.29, 0.717) is 31.6 Å². The molecule has 0 spiro atoms. The SMILES string of the molecule is CC(C)[C@@H](CCO[C@@H]1OC[C@@H](O)[C@H](O)[C@H]1O[C@@H]1OC[C@@H](O)[C@H](O)[C@H]1O)CC[C@@H](C)[C@H]1C[C@@H](O)[C@@H]2[C@]1(C)CC[C@@H]1[C@@]3(C)CC[C@H](O)[C@H](O)[C@@H]3[C@@H](O)C[C@]12O. The normalized spacial score (nSPS) is 52.8. The van der Waals surface area contributed by atoms with E-state index in [1.54, 1.807) is 0 Å².